The lowest BCUT2D eigenvalue weighted by Crippen LogP contribution is -2.26. The third-order valence-electron chi connectivity index (χ3n) is 3.05. The van der Waals surface area contributed by atoms with Gasteiger partial charge < -0.3 is 5.32 Å². The van der Waals surface area contributed by atoms with E-state index < -0.39 is 0 Å². The maximum absolute atomic E-state index is 12.2. The van der Waals surface area contributed by atoms with Crippen LogP contribution in [0.15, 0.2) is 42.5 Å². The normalized spacial score (nSPS) is 11.5. The molecule has 0 aliphatic carbocycles. The van der Waals surface area contributed by atoms with Crippen molar-refractivity contribution in [2.75, 3.05) is 0 Å². The van der Waals surface area contributed by atoms with Gasteiger partial charge in [-0.1, -0.05) is 35.3 Å². The Morgan fingerprint density at radius 1 is 1.19 bits per heavy atom. The first kappa shape index (κ1) is 15.4. The van der Waals surface area contributed by atoms with Crippen LogP contribution in [-0.2, 0) is 0 Å². The van der Waals surface area contributed by atoms with Gasteiger partial charge in [0, 0.05) is 5.56 Å². The second-order valence-electron chi connectivity index (χ2n) is 4.56. The summed E-state index contributed by atoms with van der Waals surface area (Å²) in [6, 6.07) is 13.6. The highest BCUT2D eigenvalue weighted by atomic mass is 35.5. The van der Waals surface area contributed by atoms with E-state index in [1.807, 2.05) is 19.1 Å². The SMILES string of the molecule is CC(NC(=O)c1cccc(C#N)c1)c1ccc(Cl)c(Cl)c1. The van der Waals surface area contributed by atoms with Gasteiger partial charge in [-0.05, 0) is 42.8 Å². The van der Waals surface area contributed by atoms with Crippen LogP contribution in [0.2, 0.25) is 10.0 Å². The standard InChI is InChI=1S/C16H12Cl2N2O/c1-10(12-5-6-14(17)15(18)8-12)20-16(21)13-4-2-3-11(7-13)9-19/h2-8,10H,1H3,(H,20,21). The Labute approximate surface area is 133 Å². The van der Waals surface area contributed by atoms with Gasteiger partial charge in [0.15, 0.2) is 0 Å². The van der Waals surface area contributed by atoms with Crippen LogP contribution in [-0.4, -0.2) is 5.91 Å². The Balaban J connectivity index is 2.14. The predicted molar refractivity (Wildman–Crippen MR) is 83.5 cm³/mol. The van der Waals surface area contributed by atoms with E-state index in [9.17, 15) is 4.79 Å². The molecule has 1 atom stereocenters. The van der Waals surface area contributed by atoms with Gasteiger partial charge in [-0.3, -0.25) is 4.79 Å². The fourth-order valence-corrected chi connectivity index (χ4v) is 2.18. The smallest absolute Gasteiger partial charge is 0.251 e. The van der Waals surface area contributed by atoms with Crippen LogP contribution in [0.5, 0.6) is 0 Å². The monoisotopic (exact) mass is 318 g/mol. The molecule has 2 aromatic carbocycles. The number of benzene rings is 2. The minimum Gasteiger partial charge on any atom is -0.346 e. The van der Waals surface area contributed by atoms with Crippen molar-refractivity contribution < 1.29 is 4.79 Å². The molecule has 106 valence electrons. The van der Waals surface area contributed by atoms with Crippen molar-refractivity contribution in [1.82, 2.24) is 5.32 Å². The number of halogens is 2. The maximum Gasteiger partial charge on any atom is 0.251 e. The Morgan fingerprint density at radius 2 is 1.95 bits per heavy atom. The average molecular weight is 319 g/mol. The first-order valence-electron chi connectivity index (χ1n) is 6.27. The first-order chi connectivity index (χ1) is 10.0. The molecule has 2 aromatic rings. The molecule has 21 heavy (non-hydrogen) atoms. The number of amides is 1. The molecule has 1 unspecified atom stereocenters. The van der Waals surface area contributed by atoms with E-state index in [0.29, 0.717) is 21.2 Å². The molecule has 0 bridgehead atoms. The van der Waals surface area contributed by atoms with E-state index in [1.54, 1.807) is 36.4 Å². The van der Waals surface area contributed by atoms with Crippen LogP contribution in [0.1, 0.15) is 34.5 Å². The molecule has 0 aliphatic heterocycles. The summed E-state index contributed by atoms with van der Waals surface area (Å²) in [6.07, 6.45) is 0. The number of nitrogens with zero attached hydrogens (tertiary/aromatic N) is 1. The summed E-state index contributed by atoms with van der Waals surface area (Å²) in [7, 11) is 0. The van der Waals surface area contributed by atoms with E-state index in [2.05, 4.69) is 5.32 Å². The lowest BCUT2D eigenvalue weighted by molar-refractivity contribution is 0.0940. The molecule has 5 heteroatoms. The van der Waals surface area contributed by atoms with E-state index in [4.69, 9.17) is 28.5 Å². The number of carbonyl (C=O) groups excluding carboxylic acids is 1. The van der Waals surface area contributed by atoms with Crippen LogP contribution < -0.4 is 5.32 Å². The third-order valence-corrected chi connectivity index (χ3v) is 3.78. The van der Waals surface area contributed by atoms with E-state index >= 15 is 0 Å². The molecule has 0 heterocycles. The average Bonchev–Trinajstić information content (AvgIpc) is 2.49. The Kier molecular flexibility index (Phi) is 4.85. The highest BCUT2D eigenvalue weighted by molar-refractivity contribution is 6.42. The van der Waals surface area contributed by atoms with Crippen LogP contribution in [0.4, 0.5) is 0 Å². The second kappa shape index (κ2) is 6.62. The number of carbonyl (C=O) groups is 1. The molecule has 0 aromatic heterocycles. The summed E-state index contributed by atoms with van der Waals surface area (Å²) in [4.78, 5) is 12.2. The first-order valence-corrected chi connectivity index (χ1v) is 7.03. The van der Waals surface area contributed by atoms with E-state index in [0.717, 1.165) is 5.56 Å². The molecular weight excluding hydrogens is 307 g/mol. The van der Waals surface area contributed by atoms with E-state index in [1.165, 1.54) is 0 Å². The molecule has 0 saturated heterocycles. The largest absolute Gasteiger partial charge is 0.346 e. The van der Waals surface area contributed by atoms with Crippen molar-refractivity contribution in [1.29, 1.82) is 5.26 Å². The number of nitriles is 1. The van der Waals surface area contributed by atoms with Crippen LogP contribution in [0, 0.1) is 11.3 Å². The lowest BCUT2D eigenvalue weighted by Gasteiger charge is -2.15. The molecule has 1 amide bonds. The fraction of sp³-hybridized carbons (Fsp3) is 0.125. The van der Waals surface area contributed by atoms with E-state index in [-0.39, 0.29) is 11.9 Å². The topological polar surface area (TPSA) is 52.9 Å². The summed E-state index contributed by atoms with van der Waals surface area (Å²) in [5, 5.41) is 12.6. The lowest BCUT2D eigenvalue weighted by atomic mass is 10.1. The predicted octanol–water partition coefficient (Wildman–Crippen LogP) is 4.36. The number of rotatable bonds is 3. The fourth-order valence-electron chi connectivity index (χ4n) is 1.88. The molecule has 1 N–H and O–H groups in total. The molecule has 3 nitrogen and oxygen atoms in total. The highest BCUT2D eigenvalue weighted by Gasteiger charge is 2.13. The molecule has 0 spiro atoms. The quantitative estimate of drug-likeness (QED) is 0.914. The van der Waals surface area contributed by atoms with Gasteiger partial charge in [-0.25, -0.2) is 0 Å². The van der Waals surface area contributed by atoms with Gasteiger partial charge in [0.25, 0.3) is 5.91 Å². The number of nitrogens with one attached hydrogen (secondary N) is 1. The zero-order valence-electron chi connectivity index (χ0n) is 11.2. The van der Waals surface area contributed by atoms with Crippen molar-refractivity contribution in [2.45, 2.75) is 13.0 Å². The third kappa shape index (κ3) is 3.75. The van der Waals surface area contributed by atoms with Crippen molar-refractivity contribution in [3.8, 4) is 6.07 Å². The minimum atomic E-state index is -0.245. The van der Waals surface area contributed by atoms with Gasteiger partial charge in [0.1, 0.15) is 0 Å². The van der Waals surface area contributed by atoms with Gasteiger partial charge in [-0.2, -0.15) is 5.26 Å². The second-order valence-corrected chi connectivity index (χ2v) is 5.38. The highest BCUT2D eigenvalue weighted by Crippen LogP contribution is 2.25. The number of hydrogen-bond donors (Lipinski definition) is 1. The van der Waals surface area contributed by atoms with Crippen molar-refractivity contribution >= 4 is 29.1 Å². The van der Waals surface area contributed by atoms with Crippen molar-refractivity contribution in [3.63, 3.8) is 0 Å². The van der Waals surface area contributed by atoms with Gasteiger partial charge in [0.2, 0.25) is 0 Å². The van der Waals surface area contributed by atoms with Gasteiger partial charge >= 0.3 is 0 Å². The minimum absolute atomic E-state index is 0.224. The molecule has 0 saturated carbocycles. The zero-order chi connectivity index (χ0) is 15.4. The Bertz CT molecular complexity index is 722. The molecule has 0 fully saturated rings. The maximum atomic E-state index is 12.2. The number of hydrogen-bond acceptors (Lipinski definition) is 2. The van der Waals surface area contributed by atoms with Crippen molar-refractivity contribution in [3.05, 3.63) is 69.2 Å². The van der Waals surface area contributed by atoms with Crippen molar-refractivity contribution in [2.24, 2.45) is 0 Å². The van der Waals surface area contributed by atoms with Crippen LogP contribution >= 0.6 is 23.2 Å². The van der Waals surface area contributed by atoms with Crippen LogP contribution in [0.25, 0.3) is 0 Å². The van der Waals surface area contributed by atoms with Crippen LogP contribution in [0.3, 0.4) is 0 Å². The summed E-state index contributed by atoms with van der Waals surface area (Å²) >= 11 is 11.8. The van der Waals surface area contributed by atoms with Gasteiger partial charge in [-0.15, -0.1) is 0 Å². The summed E-state index contributed by atoms with van der Waals surface area (Å²) < 4.78 is 0. The summed E-state index contributed by atoms with van der Waals surface area (Å²) in [5.41, 5.74) is 1.75. The zero-order valence-corrected chi connectivity index (χ0v) is 12.7. The summed E-state index contributed by atoms with van der Waals surface area (Å²) in [5.74, 6) is -0.245. The Morgan fingerprint density at radius 3 is 2.62 bits per heavy atom. The molecule has 2 rings (SSSR count). The van der Waals surface area contributed by atoms with Gasteiger partial charge in [0.05, 0.1) is 27.7 Å². The Hall–Kier alpha value is -2.02. The molecular formula is C16H12Cl2N2O. The summed E-state index contributed by atoms with van der Waals surface area (Å²) in [6.45, 7) is 1.85. The molecule has 0 aliphatic rings. The molecule has 0 radical (unpaired) electrons.